The van der Waals surface area contributed by atoms with Gasteiger partial charge in [-0.15, -0.1) is 11.3 Å². The Morgan fingerprint density at radius 3 is 2.37 bits per heavy atom. The van der Waals surface area contributed by atoms with Crippen LogP contribution in [0.1, 0.15) is 28.6 Å². The van der Waals surface area contributed by atoms with Crippen LogP contribution in [0.3, 0.4) is 0 Å². The molecule has 0 bridgehead atoms. The van der Waals surface area contributed by atoms with Crippen molar-refractivity contribution < 1.29 is 24.1 Å². The van der Waals surface area contributed by atoms with E-state index in [4.69, 9.17) is 0 Å². The zero-order valence-corrected chi connectivity index (χ0v) is 19.4. The third kappa shape index (κ3) is 5.09. The van der Waals surface area contributed by atoms with E-state index in [1.807, 2.05) is 17.5 Å². The lowest BCUT2D eigenvalue weighted by Crippen LogP contribution is -2.45. The van der Waals surface area contributed by atoms with Gasteiger partial charge < -0.3 is 10.2 Å². The Bertz CT molecular complexity index is 1290. The Morgan fingerprint density at radius 1 is 1.11 bits per heavy atom. The number of nitro groups is 1. The molecule has 2 aromatic carbocycles. The predicted octanol–water partition coefficient (Wildman–Crippen LogP) is 3.59. The average molecular weight is 493 g/mol. The van der Waals surface area contributed by atoms with Gasteiger partial charge in [-0.1, -0.05) is 6.07 Å². The summed E-state index contributed by atoms with van der Waals surface area (Å²) in [5.74, 6) is -1.77. The van der Waals surface area contributed by atoms with Crippen LogP contribution in [0.15, 0.2) is 66.0 Å². The van der Waals surface area contributed by atoms with Gasteiger partial charge in [0, 0.05) is 35.2 Å². The molecule has 1 saturated heterocycles. The summed E-state index contributed by atoms with van der Waals surface area (Å²) in [5.41, 5.74) is 0.859. The molecule has 2 heterocycles. The van der Waals surface area contributed by atoms with E-state index in [2.05, 4.69) is 5.32 Å². The molecular formula is C24H20N4O6S. The molecule has 10 nitrogen and oxygen atoms in total. The van der Waals surface area contributed by atoms with Crippen molar-refractivity contribution in [1.29, 1.82) is 0 Å². The number of nitrogens with zero attached hydrogens (tertiary/aromatic N) is 3. The van der Waals surface area contributed by atoms with E-state index in [-0.39, 0.29) is 30.1 Å². The molecule has 178 valence electrons. The lowest BCUT2D eigenvalue weighted by atomic mass is 10.1. The average Bonchev–Trinajstić information content (AvgIpc) is 3.45. The van der Waals surface area contributed by atoms with Crippen molar-refractivity contribution in [3.05, 3.63) is 86.6 Å². The Morgan fingerprint density at radius 2 is 1.80 bits per heavy atom. The SMILES string of the molecule is CC(=O)Nc1ccc(N2C(=O)CC(N(Cc3cccs3)C(=O)c3ccc([N+](=O)[O-])cc3)C2=O)cc1. The molecule has 1 aliphatic heterocycles. The number of nitro benzene ring substituents is 1. The molecule has 3 aromatic rings. The van der Waals surface area contributed by atoms with Crippen LogP contribution in [0, 0.1) is 10.1 Å². The quantitative estimate of drug-likeness (QED) is 0.305. The van der Waals surface area contributed by atoms with Crippen molar-refractivity contribution >= 4 is 52.0 Å². The normalized spacial score (nSPS) is 15.2. The zero-order chi connectivity index (χ0) is 25.1. The predicted molar refractivity (Wildman–Crippen MR) is 129 cm³/mol. The smallest absolute Gasteiger partial charge is 0.269 e. The minimum absolute atomic E-state index is 0.104. The largest absolute Gasteiger partial charge is 0.326 e. The maximum absolute atomic E-state index is 13.4. The number of thiophene rings is 1. The van der Waals surface area contributed by atoms with E-state index in [9.17, 15) is 29.3 Å². The Hall–Kier alpha value is -4.38. The van der Waals surface area contributed by atoms with Gasteiger partial charge >= 0.3 is 0 Å². The van der Waals surface area contributed by atoms with Gasteiger partial charge in [0.05, 0.1) is 23.6 Å². The monoisotopic (exact) mass is 492 g/mol. The van der Waals surface area contributed by atoms with E-state index >= 15 is 0 Å². The molecule has 1 aliphatic rings. The maximum atomic E-state index is 13.4. The van der Waals surface area contributed by atoms with E-state index in [1.165, 1.54) is 47.4 Å². The molecule has 0 saturated carbocycles. The fraction of sp³-hybridized carbons (Fsp3) is 0.167. The number of hydrogen-bond donors (Lipinski definition) is 1. The molecule has 35 heavy (non-hydrogen) atoms. The van der Waals surface area contributed by atoms with Crippen LogP contribution in [0.5, 0.6) is 0 Å². The van der Waals surface area contributed by atoms with E-state index in [0.717, 1.165) is 9.78 Å². The van der Waals surface area contributed by atoms with Crippen molar-refractivity contribution in [2.75, 3.05) is 10.2 Å². The molecular weight excluding hydrogens is 472 g/mol. The highest BCUT2D eigenvalue weighted by Crippen LogP contribution is 2.29. The van der Waals surface area contributed by atoms with Crippen LogP contribution in [0.2, 0.25) is 0 Å². The molecule has 1 fully saturated rings. The van der Waals surface area contributed by atoms with Gasteiger partial charge in [0.25, 0.3) is 17.5 Å². The number of anilines is 2. The number of carbonyl (C=O) groups excluding carboxylic acids is 4. The third-order valence-electron chi connectivity index (χ3n) is 5.44. The lowest BCUT2D eigenvalue weighted by Gasteiger charge is -2.27. The minimum atomic E-state index is -1.04. The number of rotatable bonds is 7. The highest BCUT2D eigenvalue weighted by atomic mass is 32.1. The standard InChI is InChI=1S/C24H20N4O6S/c1-15(29)25-17-6-10-18(11-7-17)27-22(30)13-21(24(27)32)26(14-20-3-2-12-35-20)23(31)16-4-8-19(9-5-16)28(33)34/h2-12,21H,13-14H2,1H3,(H,25,29). The number of hydrogen-bond acceptors (Lipinski definition) is 7. The van der Waals surface area contributed by atoms with Gasteiger partial charge in [0.15, 0.2) is 0 Å². The first kappa shape index (κ1) is 23.8. The fourth-order valence-corrected chi connectivity index (χ4v) is 4.52. The molecule has 0 spiro atoms. The zero-order valence-electron chi connectivity index (χ0n) is 18.5. The number of non-ortho nitro benzene ring substituents is 1. The Labute approximate surface area is 203 Å². The lowest BCUT2D eigenvalue weighted by molar-refractivity contribution is -0.384. The molecule has 4 amide bonds. The van der Waals surface area contributed by atoms with Crippen molar-refractivity contribution in [1.82, 2.24) is 4.90 Å². The maximum Gasteiger partial charge on any atom is 0.269 e. The number of amides is 4. The highest BCUT2D eigenvalue weighted by Gasteiger charge is 2.44. The minimum Gasteiger partial charge on any atom is -0.326 e. The summed E-state index contributed by atoms with van der Waals surface area (Å²) >= 11 is 1.41. The summed E-state index contributed by atoms with van der Waals surface area (Å²) < 4.78 is 0. The van der Waals surface area contributed by atoms with Crippen LogP contribution < -0.4 is 10.2 Å². The van der Waals surface area contributed by atoms with Gasteiger partial charge in [-0.05, 0) is 47.8 Å². The summed E-state index contributed by atoms with van der Waals surface area (Å²) in [6.07, 6.45) is -0.198. The van der Waals surface area contributed by atoms with Gasteiger partial charge in [-0.2, -0.15) is 0 Å². The molecule has 0 aliphatic carbocycles. The van der Waals surface area contributed by atoms with Gasteiger partial charge in [-0.25, -0.2) is 4.90 Å². The summed E-state index contributed by atoms with van der Waals surface area (Å²) in [6, 6.07) is 14.0. The van der Waals surface area contributed by atoms with Gasteiger partial charge in [0.2, 0.25) is 11.8 Å². The van der Waals surface area contributed by atoms with Gasteiger partial charge in [-0.3, -0.25) is 29.3 Å². The molecule has 4 rings (SSSR count). The number of carbonyl (C=O) groups is 4. The topological polar surface area (TPSA) is 130 Å². The van der Waals surface area contributed by atoms with Crippen molar-refractivity contribution in [3.8, 4) is 0 Å². The van der Waals surface area contributed by atoms with Gasteiger partial charge in [0.1, 0.15) is 6.04 Å². The second-order valence-corrected chi connectivity index (χ2v) is 8.86. The van der Waals surface area contributed by atoms with Crippen molar-refractivity contribution in [3.63, 3.8) is 0 Å². The first-order valence-corrected chi connectivity index (χ1v) is 11.4. The third-order valence-corrected chi connectivity index (χ3v) is 6.30. The second-order valence-electron chi connectivity index (χ2n) is 7.83. The van der Waals surface area contributed by atoms with Crippen LogP contribution >= 0.6 is 11.3 Å². The molecule has 11 heteroatoms. The van der Waals surface area contributed by atoms with E-state index in [1.54, 1.807) is 24.3 Å². The van der Waals surface area contributed by atoms with E-state index < -0.39 is 28.7 Å². The first-order valence-electron chi connectivity index (χ1n) is 10.6. The fourth-order valence-electron chi connectivity index (χ4n) is 3.81. The summed E-state index contributed by atoms with van der Waals surface area (Å²) in [6.45, 7) is 1.47. The Balaban J connectivity index is 1.62. The molecule has 1 atom stereocenters. The summed E-state index contributed by atoms with van der Waals surface area (Å²) in [4.78, 5) is 64.5. The van der Waals surface area contributed by atoms with Crippen LogP contribution in [0.25, 0.3) is 0 Å². The molecule has 0 radical (unpaired) electrons. The number of nitrogens with one attached hydrogen (secondary N) is 1. The highest BCUT2D eigenvalue weighted by molar-refractivity contribution is 7.09. The van der Waals surface area contributed by atoms with Crippen LogP contribution in [0.4, 0.5) is 17.1 Å². The van der Waals surface area contributed by atoms with Crippen molar-refractivity contribution in [2.24, 2.45) is 0 Å². The van der Waals surface area contributed by atoms with Crippen molar-refractivity contribution in [2.45, 2.75) is 25.9 Å². The summed E-state index contributed by atoms with van der Waals surface area (Å²) in [7, 11) is 0. The molecule has 1 N–H and O–H groups in total. The first-order chi connectivity index (χ1) is 16.7. The van der Waals surface area contributed by atoms with E-state index in [0.29, 0.717) is 11.4 Å². The van der Waals surface area contributed by atoms with Crippen LogP contribution in [-0.2, 0) is 20.9 Å². The Kier molecular flexibility index (Phi) is 6.69. The van der Waals surface area contributed by atoms with Crippen LogP contribution in [-0.4, -0.2) is 39.5 Å². The number of imide groups is 1. The number of benzene rings is 2. The summed E-state index contributed by atoms with van der Waals surface area (Å²) in [5, 5.41) is 15.4. The molecule has 1 unspecified atom stereocenters. The second kappa shape index (κ2) is 9.85. The molecule has 1 aromatic heterocycles.